The molecule has 1 aromatic carbocycles. The Morgan fingerprint density at radius 3 is 2.62 bits per heavy atom. The Hall–Kier alpha value is -1.58. The Bertz CT molecular complexity index is 343. The van der Waals surface area contributed by atoms with E-state index in [0.717, 1.165) is 0 Å². The average Bonchev–Trinajstić information content (AvgIpc) is 2.30. The minimum absolute atomic E-state index is 0.170. The first-order valence-corrected chi connectivity index (χ1v) is 5.10. The van der Waals surface area contributed by atoms with Crippen LogP contribution in [0.1, 0.15) is 6.42 Å². The summed E-state index contributed by atoms with van der Waals surface area (Å²) in [6.45, 7) is 3.37. The van der Waals surface area contributed by atoms with Crippen LogP contribution in [0.2, 0.25) is 0 Å². The van der Waals surface area contributed by atoms with Crippen LogP contribution in [0.4, 0.5) is 0 Å². The van der Waals surface area contributed by atoms with Gasteiger partial charge in [-0.15, -0.1) is 6.58 Å². The summed E-state index contributed by atoms with van der Waals surface area (Å²) < 4.78 is 5.47. The highest BCUT2D eigenvalue weighted by molar-refractivity contribution is 5.24. The van der Waals surface area contributed by atoms with Gasteiger partial charge in [-0.3, -0.25) is 0 Å². The van der Waals surface area contributed by atoms with Crippen LogP contribution < -0.4 is 4.74 Å². The molecule has 0 aliphatic rings. The van der Waals surface area contributed by atoms with Gasteiger partial charge in [0.25, 0.3) is 0 Å². The van der Waals surface area contributed by atoms with E-state index in [4.69, 9.17) is 9.84 Å². The van der Waals surface area contributed by atoms with Crippen LogP contribution in [0.25, 0.3) is 0 Å². The topological polar surface area (TPSA) is 49.7 Å². The fraction of sp³-hybridized carbons (Fsp3) is 0.231. The normalized spacial score (nSPS) is 13.2. The molecule has 0 saturated carbocycles. The largest absolute Gasteiger partial charge is 0.459 e. The molecule has 16 heavy (non-hydrogen) atoms. The molecule has 1 unspecified atom stereocenters. The molecule has 0 radical (unpaired) electrons. The van der Waals surface area contributed by atoms with Crippen molar-refractivity contribution >= 4 is 0 Å². The van der Waals surface area contributed by atoms with Crippen molar-refractivity contribution in [1.29, 1.82) is 0 Å². The summed E-state index contributed by atoms with van der Waals surface area (Å²) in [4.78, 5) is 0. The Labute approximate surface area is 95.3 Å². The highest BCUT2D eigenvalue weighted by Gasteiger charge is 2.11. The zero-order valence-corrected chi connectivity index (χ0v) is 9.04. The lowest BCUT2D eigenvalue weighted by atomic mass is 10.2. The first-order valence-electron chi connectivity index (χ1n) is 5.10. The van der Waals surface area contributed by atoms with Crippen molar-refractivity contribution < 1.29 is 14.9 Å². The molecule has 0 bridgehead atoms. The lowest BCUT2D eigenvalue weighted by Crippen LogP contribution is -2.15. The molecule has 1 rings (SSSR count). The van der Waals surface area contributed by atoms with Gasteiger partial charge in [-0.1, -0.05) is 24.3 Å². The van der Waals surface area contributed by atoms with E-state index in [0.29, 0.717) is 17.9 Å². The van der Waals surface area contributed by atoms with E-state index in [1.165, 1.54) is 6.08 Å². The van der Waals surface area contributed by atoms with E-state index in [1.807, 2.05) is 18.2 Å². The summed E-state index contributed by atoms with van der Waals surface area (Å²) in [5.41, 5.74) is 0. The quantitative estimate of drug-likeness (QED) is 0.568. The van der Waals surface area contributed by atoms with Crippen molar-refractivity contribution in [2.45, 2.75) is 12.5 Å². The van der Waals surface area contributed by atoms with Gasteiger partial charge in [-0.05, 0) is 24.6 Å². The Morgan fingerprint density at radius 2 is 2.06 bits per heavy atom. The zero-order chi connectivity index (χ0) is 11.8. The van der Waals surface area contributed by atoms with Gasteiger partial charge in [0.05, 0.1) is 6.61 Å². The molecule has 86 valence electrons. The second-order valence-corrected chi connectivity index (χ2v) is 3.24. The van der Waals surface area contributed by atoms with Gasteiger partial charge in [0.1, 0.15) is 17.6 Å². The summed E-state index contributed by atoms with van der Waals surface area (Å²) in [6.07, 6.45) is 2.66. The summed E-state index contributed by atoms with van der Waals surface area (Å²) in [5.74, 6) is 0.971. The Balaban J connectivity index is 2.72. The maximum atomic E-state index is 9.73. The highest BCUT2D eigenvalue weighted by Crippen LogP contribution is 2.16. The molecule has 0 amide bonds. The van der Waals surface area contributed by atoms with Crippen LogP contribution in [0, 0.1) is 0 Å². The molecule has 3 heteroatoms. The van der Waals surface area contributed by atoms with Gasteiger partial charge >= 0.3 is 0 Å². The SMILES string of the molecule is C=CCC(O)C(=CCO)Oc1ccccc1. The number of para-hydroxylation sites is 1. The van der Waals surface area contributed by atoms with Crippen molar-refractivity contribution in [2.75, 3.05) is 6.61 Å². The van der Waals surface area contributed by atoms with Crippen LogP contribution in [0.3, 0.4) is 0 Å². The average molecular weight is 220 g/mol. The summed E-state index contributed by atoms with van der Waals surface area (Å²) >= 11 is 0. The standard InChI is InChI=1S/C13H16O3/c1-2-6-12(15)13(9-10-14)16-11-7-4-3-5-8-11/h2-5,7-9,12,14-15H,1,6,10H2. The van der Waals surface area contributed by atoms with Crippen LogP contribution >= 0.6 is 0 Å². The summed E-state index contributed by atoms with van der Waals surface area (Å²) in [5, 5.41) is 18.6. The molecule has 0 heterocycles. The zero-order valence-electron chi connectivity index (χ0n) is 9.04. The van der Waals surface area contributed by atoms with Crippen LogP contribution in [0.15, 0.2) is 54.8 Å². The Kier molecular flexibility index (Phi) is 5.32. The number of benzene rings is 1. The Morgan fingerprint density at radius 1 is 1.38 bits per heavy atom. The lowest BCUT2D eigenvalue weighted by Gasteiger charge is -2.14. The van der Waals surface area contributed by atoms with E-state index in [2.05, 4.69) is 6.58 Å². The monoisotopic (exact) mass is 220 g/mol. The van der Waals surface area contributed by atoms with Crippen LogP contribution in [-0.4, -0.2) is 22.9 Å². The molecule has 0 aromatic heterocycles. The van der Waals surface area contributed by atoms with Crippen LogP contribution in [-0.2, 0) is 0 Å². The fourth-order valence-electron chi connectivity index (χ4n) is 1.23. The molecule has 0 saturated heterocycles. The number of hydrogen-bond donors (Lipinski definition) is 2. The predicted octanol–water partition coefficient (Wildman–Crippen LogP) is 1.88. The van der Waals surface area contributed by atoms with Gasteiger partial charge < -0.3 is 14.9 Å². The number of hydrogen-bond acceptors (Lipinski definition) is 3. The third-order valence-corrected chi connectivity index (χ3v) is 1.99. The van der Waals surface area contributed by atoms with Crippen molar-refractivity contribution in [3.8, 4) is 5.75 Å². The van der Waals surface area contributed by atoms with Gasteiger partial charge in [0, 0.05) is 0 Å². The minimum Gasteiger partial charge on any atom is -0.459 e. The second-order valence-electron chi connectivity index (χ2n) is 3.24. The third-order valence-electron chi connectivity index (χ3n) is 1.99. The predicted molar refractivity (Wildman–Crippen MR) is 63.1 cm³/mol. The first-order chi connectivity index (χ1) is 7.77. The molecule has 3 nitrogen and oxygen atoms in total. The van der Waals surface area contributed by atoms with E-state index >= 15 is 0 Å². The molecule has 2 N–H and O–H groups in total. The van der Waals surface area contributed by atoms with Gasteiger partial charge in [0.15, 0.2) is 0 Å². The van der Waals surface area contributed by atoms with Crippen molar-refractivity contribution in [3.05, 3.63) is 54.8 Å². The second kappa shape index (κ2) is 6.82. The van der Waals surface area contributed by atoms with E-state index < -0.39 is 6.10 Å². The third kappa shape index (κ3) is 3.88. The van der Waals surface area contributed by atoms with Crippen molar-refractivity contribution in [2.24, 2.45) is 0 Å². The van der Waals surface area contributed by atoms with E-state index in [9.17, 15) is 5.11 Å². The maximum absolute atomic E-state index is 9.73. The number of rotatable bonds is 6. The molecule has 0 spiro atoms. The maximum Gasteiger partial charge on any atom is 0.131 e. The van der Waals surface area contributed by atoms with Crippen molar-refractivity contribution in [3.63, 3.8) is 0 Å². The summed E-state index contributed by atoms with van der Waals surface area (Å²) in [6, 6.07) is 9.12. The smallest absolute Gasteiger partial charge is 0.131 e. The van der Waals surface area contributed by atoms with Crippen molar-refractivity contribution in [1.82, 2.24) is 0 Å². The minimum atomic E-state index is -0.773. The van der Waals surface area contributed by atoms with Gasteiger partial charge in [0.2, 0.25) is 0 Å². The highest BCUT2D eigenvalue weighted by atomic mass is 16.5. The number of aliphatic hydroxyl groups is 2. The molecule has 1 aromatic rings. The molecule has 1 atom stereocenters. The fourth-order valence-corrected chi connectivity index (χ4v) is 1.23. The van der Waals surface area contributed by atoms with Gasteiger partial charge in [-0.25, -0.2) is 0 Å². The molecule has 0 aliphatic carbocycles. The number of aliphatic hydroxyl groups excluding tert-OH is 2. The molecule has 0 aliphatic heterocycles. The van der Waals surface area contributed by atoms with Gasteiger partial charge in [-0.2, -0.15) is 0 Å². The molecular formula is C13H16O3. The number of ether oxygens (including phenoxy) is 1. The summed E-state index contributed by atoms with van der Waals surface area (Å²) in [7, 11) is 0. The van der Waals surface area contributed by atoms with E-state index in [-0.39, 0.29) is 6.61 Å². The molecular weight excluding hydrogens is 204 g/mol. The lowest BCUT2D eigenvalue weighted by molar-refractivity contribution is 0.160. The first kappa shape index (κ1) is 12.5. The van der Waals surface area contributed by atoms with Crippen LogP contribution in [0.5, 0.6) is 5.75 Å². The van der Waals surface area contributed by atoms with E-state index in [1.54, 1.807) is 18.2 Å². The molecule has 0 fully saturated rings.